The normalized spacial score (nSPS) is 10.8. The highest BCUT2D eigenvalue weighted by molar-refractivity contribution is 7.11. The Balaban J connectivity index is 1.76. The second-order valence-electron chi connectivity index (χ2n) is 4.81. The number of carbonyl (C=O) groups excluding carboxylic acids is 1. The van der Waals surface area contributed by atoms with Crippen molar-refractivity contribution < 1.29 is 4.79 Å². The summed E-state index contributed by atoms with van der Waals surface area (Å²) in [6, 6.07) is 11.4. The van der Waals surface area contributed by atoms with Gasteiger partial charge in [0.25, 0.3) is 5.91 Å². The summed E-state index contributed by atoms with van der Waals surface area (Å²) in [7, 11) is 0. The molecule has 4 nitrogen and oxygen atoms in total. The third kappa shape index (κ3) is 2.92. The Morgan fingerprint density at radius 1 is 1.14 bits per heavy atom. The van der Waals surface area contributed by atoms with Crippen LogP contribution < -0.4 is 5.32 Å². The number of nitrogens with one attached hydrogen (secondary N) is 1. The molecule has 0 saturated carbocycles. The van der Waals surface area contributed by atoms with Gasteiger partial charge in [0.1, 0.15) is 5.69 Å². The van der Waals surface area contributed by atoms with Gasteiger partial charge in [0.15, 0.2) is 0 Å². The van der Waals surface area contributed by atoms with Crippen LogP contribution in [0.4, 0.5) is 0 Å². The van der Waals surface area contributed by atoms with Gasteiger partial charge in [-0.1, -0.05) is 24.3 Å². The van der Waals surface area contributed by atoms with Crippen LogP contribution >= 0.6 is 11.3 Å². The molecule has 0 aliphatic rings. The van der Waals surface area contributed by atoms with E-state index in [9.17, 15) is 4.79 Å². The maximum Gasteiger partial charge on any atom is 0.270 e. The van der Waals surface area contributed by atoms with Crippen LogP contribution in [0, 0.1) is 13.8 Å². The molecule has 0 spiro atoms. The number of benzene rings is 1. The van der Waals surface area contributed by atoms with Gasteiger partial charge >= 0.3 is 0 Å². The lowest BCUT2D eigenvalue weighted by atomic mass is 10.2. The number of para-hydroxylation sites is 1. The molecule has 3 rings (SSSR count). The van der Waals surface area contributed by atoms with Crippen molar-refractivity contribution in [2.45, 2.75) is 20.4 Å². The number of pyridine rings is 1. The number of carbonyl (C=O) groups is 1. The Kier molecular flexibility index (Phi) is 3.66. The number of fused-ring (bicyclic) bond motifs is 1. The number of hydrogen-bond donors (Lipinski definition) is 1. The van der Waals surface area contributed by atoms with Crippen LogP contribution in [0.5, 0.6) is 0 Å². The first-order chi connectivity index (χ1) is 10.1. The molecule has 0 aliphatic heterocycles. The first-order valence-corrected chi connectivity index (χ1v) is 7.52. The van der Waals surface area contributed by atoms with Gasteiger partial charge in [-0.2, -0.15) is 0 Å². The van der Waals surface area contributed by atoms with Gasteiger partial charge in [-0.15, -0.1) is 11.3 Å². The number of rotatable bonds is 3. The molecule has 3 aromatic rings. The number of aryl methyl sites for hydroxylation is 2. The van der Waals surface area contributed by atoms with E-state index in [0.29, 0.717) is 12.2 Å². The van der Waals surface area contributed by atoms with Gasteiger partial charge in [-0.3, -0.25) is 4.79 Å². The minimum atomic E-state index is -0.161. The van der Waals surface area contributed by atoms with Gasteiger partial charge in [0.05, 0.1) is 22.8 Å². The topological polar surface area (TPSA) is 54.9 Å². The molecule has 2 heterocycles. The highest BCUT2D eigenvalue weighted by atomic mass is 32.1. The van der Waals surface area contributed by atoms with Crippen molar-refractivity contribution in [1.29, 1.82) is 0 Å². The summed E-state index contributed by atoms with van der Waals surface area (Å²) in [4.78, 5) is 22.0. The highest BCUT2D eigenvalue weighted by Gasteiger charge is 2.10. The molecule has 106 valence electrons. The average molecular weight is 297 g/mol. The van der Waals surface area contributed by atoms with E-state index in [4.69, 9.17) is 0 Å². The van der Waals surface area contributed by atoms with E-state index < -0.39 is 0 Å². The molecule has 0 unspecified atom stereocenters. The Labute approximate surface area is 126 Å². The van der Waals surface area contributed by atoms with Crippen LogP contribution in [0.2, 0.25) is 0 Å². The average Bonchev–Trinajstić information content (AvgIpc) is 2.82. The Bertz CT molecular complexity index is 810. The van der Waals surface area contributed by atoms with Gasteiger partial charge in [0.2, 0.25) is 0 Å². The lowest BCUT2D eigenvalue weighted by molar-refractivity contribution is 0.0946. The zero-order valence-corrected chi connectivity index (χ0v) is 12.7. The van der Waals surface area contributed by atoms with Crippen molar-refractivity contribution in [1.82, 2.24) is 15.3 Å². The predicted molar refractivity (Wildman–Crippen MR) is 84.5 cm³/mol. The fourth-order valence-corrected chi connectivity index (χ4v) is 3.06. The molecule has 21 heavy (non-hydrogen) atoms. The molecular formula is C16H15N3OS. The lowest BCUT2D eigenvalue weighted by Crippen LogP contribution is -2.23. The molecule has 1 N–H and O–H groups in total. The van der Waals surface area contributed by atoms with Gasteiger partial charge < -0.3 is 5.32 Å². The summed E-state index contributed by atoms with van der Waals surface area (Å²) >= 11 is 1.61. The van der Waals surface area contributed by atoms with Crippen LogP contribution in [0.3, 0.4) is 0 Å². The zero-order chi connectivity index (χ0) is 14.8. The molecule has 0 aliphatic carbocycles. The first-order valence-electron chi connectivity index (χ1n) is 6.70. The molecule has 0 fully saturated rings. The summed E-state index contributed by atoms with van der Waals surface area (Å²) in [6.45, 7) is 4.41. The molecule has 1 amide bonds. The van der Waals surface area contributed by atoms with Gasteiger partial charge in [-0.05, 0) is 26.0 Å². The van der Waals surface area contributed by atoms with E-state index >= 15 is 0 Å². The molecule has 5 heteroatoms. The highest BCUT2D eigenvalue weighted by Crippen LogP contribution is 2.17. The smallest absolute Gasteiger partial charge is 0.270 e. The fourth-order valence-electron chi connectivity index (χ4n) is 2.18. The molecule has 2 aromatic heterocycles. The van der Waals surface area contributed by atoms with Gasteiger partial charge in [0, 0.05) is 10.3 Å². The number of aromatic nitrogens is 2. The Morgan fingerprint density at radius 3 is 2.71 bits per heavy atom. The SMILES string of the molecule is Cc1nc(C)c(CNC(=O)c2ccc3ccccc3n2)s1. The predicted octanol–water partition coefficient (Wildman–Crippen LogP) is 3.24. The second-order valence-corrected chi connectivity index (χ2v) is 6.10. The van der Waals surface area contributed by atoms with Crippen LogP contribution in [-0.4, -0.2) is 15.9 Å². The number of nitrogens with zero attached hydrogens (tertiary/aromatic N) is 2. The Morgan fingerprint density at radius 2 is 1.95 bits per heavy atom. The maximum atomic E-state index is 12.2. The second kappa shape index (κ2) is 5.61. The van der Waals surface area contributed by atoms with Crippen molar-refractivity contribution in [3.05, 3.63) is 57.7 Å². The monoisotopic (exact) mass is 297 g/mol. The molecule has 0 radical (unpaired) electrons. The molecular weight excluding hydrogens is 282 g/mol. The van der Waals surface area contributed by atoms with Crippen molar-refractivity contribution in [3.63, 3.8) is 0 Å². The van der Waals surface area contributed by atoms with Gasteiger partial charge in [-0.25, -0.2) is 9.97 Å². The van der Waals surface area contributed by atoms with Crippen LogP contribution in [0.15, 0.2) is 36.4 Å². The van der Waals surface area contributed by atoms with Crippen molar-refractivity contribution in [2.75, 3.05) is 0 Å². The Hall–Kier alpha value is -2.27. The van der Waals surface area contributed by atoms with Crippen molar-refractivity contribution >= 4 is 28.1 Å². The van der Waals surface area contributed by atoms with Crippen LogP contribution in [0.25, 0.3) is 10.9 Å². The van der Waals surface area contributed by atoms with E-state index in [1.807, 2.05) is 44.2 Å². The third-order valence-corrected chi connectivity index (χ3v) is 4.31. The lowest BCUT2D eigenvalue weighted by Gasteiger charge is -2.05. The van der Waals surface area contributed by atoms with E-state index in [-0.39, 0.29) is 5.91 Å². The van der Waals surface area contributed by atoms with E-state index in [0.717, 1.165) is 26.5 Å². The first kappa shape index (κ1) is 13.7. The number of thiazole rings is 1. The summed E-state index contributed by atoms with van der Waals surface area (Å²) in [5.41, 5.74) is 2.24. The minimum Gasteiger partial charge on any atom is -0.346 e. The number of amides is 1. The van der Waals surface area contributed by atoms with Crippen LogP contribution in [-0.2, 0) is 6.54 Å². The maximum absolute atomic E-state index is 12.2. The van der Waals surface area contributed by atoms with Crippen molar-refractivity contribution in [3.8, 4) is 0 Å². The molecule has 0 saturated heterocycles. The molecule has 0 atom stereocenters. The standard InChI is InChI=1S/C16H15N3OS/c1-10-15(21-11(2)18-10)9-17-16(20)14-8-7-12-5-3-4-6-13(12)19-14/h3-8H,9H2,1-2H3,(H,17,20). The zero-order valence-electron chi connectivity index (χ0n) is 11.9. The third-order valence-electron chi connectivity index (χ3n) is 3.24. The van der Waals surface area contributed by atoms with Crippen molar-refractivity contribution in [2.24, 2.45) is 0 Å². The van der Waals surface area contributed by atoms with E-state index in [2.05, 4.69) is 15.3 Å². The largest absolute Gasteiger partial charge is 0.346 e. The van der Waals surface area contributed by atoms with E-state index in [1.165, 1.54) is 0 Å². The fraction of sp³-hybridized carbons (Fsp3) is 0.188. The number of hydrogen-bond acceptors (Lipinski definition) is 4. The van der Waals surface area contributed by atoms with Crippen LogP contribution in [0.1, 0.15) is 26.1 Å². The minimum absolute atomic E-state index is 0.161. The summed E-state index contributed by atoms with van der Waals surface area (Å²) in [5.74, 6) is -0.161. The quantitative estimate of drug-likeness (QED) is 0.807. The summed E-state index contributed by atoms with van der Waals surface area (Å²) < 4.78 is 0. The molecule has 0 bridgehead atoms. The molecule has 1 aromatic carbocycles. The van der Waals surface area contributed by atoms with E-state index in [1.54, 1.807) is 17.4 Å². The summed E-state index contributed by atoms with van der Waals surface area (Å²) in [6.07, 6.45) is 0. The summed E-state index contributed by atoms with van der Waals surface area (Å²) in [5, 5.41) is 4.95.